The lowest BCUT2D eigenvalue weighted by molar-refractivity contribution is -0.116. The number of anilines is 2. The van der Waals surface area contributed by atoms with Crippen LogP contribution < -0.4 is 20.7 Å². The van der Waals surface area contributed by atoms with Crippen LogP contribution in [0.5, 0.6) is 5.75 Å². The smallest absolute Gasteiger partial charge is 0.272 e. The van der Waals surface area contributed by atoms with Crippen LogP contribution in [0.1, 0.15) is 32.3 Å². The molecule has 1 atom stereocenters. The van der Waals surface area contributed by atoms with Crippen molar-refractivity contribution in [3.63, 3.8) is 0 Å². The third kappa shape index (κ3) is 10.6. The molecule has 0 aliphatic carbocycles. The van der Waals surface area contributed by atoms with E-state index in [9.17, 15) is 14.4 Å². The second-order valence-corrected chi connectivity index (χ2v) is 13.7. The Bertz CT molecular complexity index is 2200. The van der Waals surface area contributed by atoms with Crippen LogP contribution >= 0.6 is 35.0 Å². The molecule has 3 N–H and O–H groups in total. The minimum absolute atomic E-state index is 0.0541. The molecule has 10 heteroatoms. The van der Waals surface area contributed by atoms with Crippen molar-refractivity contribution in [1.29, 1.82) is 0 Å². The van der Waals surface area contributed by atoms with Crippen LogP contribution in [-0.4, -0.2) is 17.7 Å². The number of halogens is 2. The van der Waals surface area contributed by atoms with Gasteiger partial charge in [0.05, 0.1) is 10.0 Å². The molecule has 0 spiro atoms. The molecule has 1 unspecified atom stereocenters. The van der Waals surface area contributed by atoms with Crippen LogP contribution in [0.25, 0.3) is 6.08 Å². The van der Waals surface area contributed by atoms with Gasteiger partial charge in [-0.25, -0.2) is 0 Å². The van der Waals surface area contributed by atoms with Crippen molar-refractivity contribution in [2.24, 2.45) is 0 Å². The van der Waals surface area contributed by atoms with Crippen molar-refractivity contribution in [3.8, 4) is 5.75 Å². The van der Waals surface area contributed by atoms with Crippen LogP contribution in [0.2, 0.25) is 10.0 Å². The Morgan fingerprint density at radius 2 is 1.28 bits per heavy atom. The summed E-state index contributed by atoms with van der Waals surface area (Å²) in [5, 5.41) is 8.73. The van der Waals surface area contributed by atoms with Crippen LogP contribution in [0.4, 0.5) is 11.4 Å². The van der Waals surface area contributed by atoms with E-state index in [0.717, 1.165) is 16.0 Å². The zero-order valence-corrected chi connectivity index (χ0v) is 30.5. The molecule has 0 saturated heterocycles. The van der Waals surface area contributed by atoms with Gasteiger partial charge in [0.25, 0.3) is 11.8 Å². The number of benzene rings is 6. The van der Waals surface area contributed by atoms with E-state index >= 15 is 0 Å². The minimum atomic E-state index is -0.594. The average Bonchev–Trinajstić information content (AvgIpc) is 3.19. The van der Waals surface area contributed by atoms with E-state index in [1.54, 1.807) is 60.7 Å². The summed E-state index contributed by atoms with van der Waals surface area (Å²) in [7, 11) is 0. The lowest BCUT2D eigenvalue weighted by atomic mass is 10.1. The van der Waals surface area contributed by atoms with Gasteiger partial charge < -0.3 is 20.7 Å². The Morgan fingerprint density at radius 1 is 0.660 bits per heavy atom. The Labute approximate surface area is 322 Å². The predicted octanol–water partition coefficient (Wildman–Crippen LogP) is 10.5. The van der Waals surface area contributed by atoms with Gasteiger partial charge in [0.15, 0.2) is 0 Å². The Hall–Kier alpha value is -5.80. The second kappa shape index (κ2) is 18.1. The number of nitrogens with one attached hydrogen (secondary N) is 3. The third-order valence-electron chi connectivity index (χ3n) is 7.86. The quantitative estimate of drug-likeness (QED) is 0.0805. The molecule has 0 aliphatic rings. The lowest BCUT2D eigenvalue weighted by Gasteiger charge is -2.18. The van der Waals surface area contributed by atoms with Gasteiger partial charge >= 0.3 is 0 Å². The molecule has 3 amide bonds. The highest BCUT2D eigenvalue weighted by Crippen LogP contribution is 2.37. The maximum atomic E-state index is 13.7. The highest BCUT2D eigenvalue weighted by Gasteiger charge is 2.23. The molecule has 6 aromatic carbocycles. The Morgan fingerprint density at radius 3 is 1.94 bits per heavy atom. The van der Waals surface area contributed by atoms with Crippen molar-refractivity contribution < 1.29 is 19.1 Å². The van der Waals surface area contributed by atoms with Gasteiger partial charge in [-0.2, -0.15) is 0 Å². The number of hydrogen-bond donors (Lipinski definition) is 3. The zero-order valence-electron chi connectivity index (χ0n) is 28.2. The molecule has 0 saturated carbocycles. The zero-order chi connectivity index (χ0) is 37.0. The normalized spacial score (nSPS) is 11.6. The van der Waals surface area contributed by atoms with Gasteiger partial charge in [-0.1, -0.05) is 114 Å². The van der Waals surface area contributed by atoms with Gasteiger partial charge in [-0.15, -0.1) is 11.8 Å². The van der Waals surface area contributed by atoms with Crippen LogP contribution in [0, 0.1) is 0 Å². The van der Waals surface area contributed by atoms with Crippen molar-refractivity contribution in [3.05, 3.63) is 196 Å². The second-order valence-electron chi connectivity index (χ2n) is 11.7. The van der Waals surface area contributed by atoms with Gasteiger partial charge in [0, 0.05) is 21.8 Å². The third-order valence-corrected chi connectivity index (χ3v) is 9.87. The first-order valence-corrected chi connectivity index (χ1v) is 18.2. The molecule has 0 aliphatic heterocycles. The van der Waals surface area contributed by atoms with Crippen molar-refractivity contribution in [1.82, 2.24) is 5.32 Å². The SMILES string of the molecule is O=C(Nc1ccc(SC(C(=O)Nc2ccc(Cl)c(Cl)c2)c2ccccc2)cc1)/C(=C/c1ccc(OCc2ccccc2)cc1)NC(=O)c1ccccc1. The van der Waals surface area contributed by atoms with E-state index < -0.39 is 17.1 Å². The number of carbonyl (C=O) groups excluding carboxylic acids is 3. The van der Waals surface area contributed by atoms with Gasteiger partial charge in [-0.05, 0) is 89.5 Å². The topological polar surface area (TPSA) is 96.5 Å². The largest absolute Gasteiger partial charge is 0.489 e. The summed E-state index contributed by atoms with van der Waals surface area (Å²) in [4.78, 5) is 41.1. The highest BCUT2D eigenvalue weighted by molar-refractivity contribution is 8.00. The number of ether oxygens (including phenoxy) is 1. The minimum Gasteiger partial charge on any atom is -0.489 e. The molecule has 0 radical (unpaired) electrons. The summed E-state index contributed by atoms with van der Waals surface area (Å²) in [6.45, 7) is 0.424. The number of carbonyl (C=O) groups is 3. The predicted molar refractivity (Wildman–Crippen MR) is 214 cm³/mol. The van der Waals surface area contributed by atoms with Gasteiger partial charge in [0.1, 0.15) is 23.3 Å². The lowest BCUT2D eigenvalue weighted by Crippen LogP contribution is -2.30. The summed E-state index contributed by atoms with van der Waals surface area (Å²) in [6.07, 6.45) is 1.61. The monoisotopic (exact) mass is 757 g/mol. The number of rotatable bonds is 13. The fourth-order valence-corrected chi connectivity index (χ4v) is 6.47. The Kier molecular flexibility index (Phi) is 12.6. The van der Waals surface area contributed by atoms with E-state index in [1.165, 1.54) is 11.8 Å². The summed E-state index contributed by atoms with van der Waals surface area (Å²) in [5.41, 5.74) is 4.04. The summed E-state index contributed by atoms with van der Waals surface area (Å²) < 4.78 is 5.90. The molecule has 6 aromatic rings. The molecule has 0 heterocycles. The highest BCUT2D eigenvalue weighted by atomic mass is 35.5. The first kappa shape index (κ1) is 37.0. The van der Waals surface area contributed by atoms with Crippen LogP contribution in [0.15, 0.2) is 168 Å². The maximum Gasteiger partial charge on any atom is 0.272 e. The molecule has 7 nitrogen and oxygen atoms in total. The standard InChI is InChI=1S/C43H33Cl2N3O4S/c44-37-25-20-34(27-38(37)45)47-43(51)40(31-12-6-2-7-13-31)53-36-23-18-33(19-24-36)46-42(50)39(48-41(49)32-14-8-3-9-15-32)26-29-16-21-35(22-17-29)52-28-30-10-4-1-5-11-30/h1-27,40H,28H2,(H,46,50)(H,47,51)(H,48,49)/b39-26-. The number of hydrogen-bond acceptors (Lipinski definition) is 5. The molecular formula is C43H33Cl2N3O4S. The van der Waals surface area contributed by atoms with E-state index in [0.29, 0.717) is 44.9 Å². The molecule has 0 bridgehead atoms. The molecule has 53 heavy (non-hydrogen) atoms. The average molecular weight is 759 g/mol. The van der Waals surface area contributed by atoms with Gasteiger partial charge in [0.2, 0.25) is 5.91 Å². The summed E-state index contributed by atoms with van der Waals surface area (Å²) in [6, 6.07) is 47.3. The Balaban J connectivity index is 1.16. The van der Waals surface area contributed by atoms with E-state index in [-0.39, 0.29) is 11.6 Å². The molecule has 0 aromatic heterocycles. The first-order chi connectivity index (χ1) is 25.8. The van der Waals surface area contributed by atoms with Crippen LogP contribution in [-0.2, 0) is 16.2 Å². The molecule has 0 fully saturated rings. The fourth-order valence-electron chi connectivity index (χ4n) is 5.14. The molecule has 264 valence electrons. The van der Waals surface area contributed by atoms with Crippen LogP contribution in [0.3, 0.4) is 0 Å². The van der Waals surface area contributed by atoms with Crippen molar-refractivity contribution >= 4 is 70.1 Å². The molecule has 6 rings (SSSR count). The van der Waals surface area contributed by atoms with E-state index in [4.69, 9.17) is 27.9 Å². The summed E-state index contributed by atoms with van der Waals surface area (Å²) >= 11 is 13.6. The molecular weight excluding hydrogens is 725 g/mol. The number of amides is 3. The van der Waals surface area contributed by atoms with Crippen molar-refractivity contribution in [2.45, 2.75) is 16.8 Å². The number of thioether (sulfide) groups is 1. The van der Waals surface area contributed by atoms with Gasteiger partial charge in [-0.3, -0.25) is 14.4 Å². The first-order valence-electron chi connectivity index (χ1n) is 16.5. The van der Waals surface area contributed by atoms with Crippen molar-refractivity contribution in [2.75, 3.05) is 10.6 Å². The van der Waals surface area contributed by atoms with E-state index in [2.05, 4.69) is 16.0 Å². The maximum absolute atomic E-state index is 13.7. The van der Waals surface area contributed by atoms with E-state index in [1.807, 2.05) is 103 Å². The summed E-state index contributed by atoms with van der Waals surface area (Å²) in [5.74, 6) is -0.503. The fraction of sp³-hybridized carbons (Fsp3) is 0.0465.